The Kier molecular flexibility index (Phi) is 3.19. The molecular weight excluding hydrogens is 286 g/mol. The zero-order valence-corrected chi connectivity index (χ0v) is 10.7. The van der Waals surface area contributed by atoms with Crippen LogP contribution in [0.15, 0.2) is 28.7 Å². The highest BCUT2D eigenvalue weighted by Gasteiger charge is 2.51. The summed E-state index contributed by atoms with van der Waals surface area (Å²) in [5.41, 5.74) is 0.444. The van der Waals surface area contributed by atoms with Gasteiger partial charge in [-0.25, -0.2) is 0 Å². The molecule has 0 aliphatic heterocycles. The molecule has 1 aromatic carbocycles. The molecule has 1 fully saturated rings. The standard InChI is InChI=1S/C12H12BrNO3/c13-9-3-1-8(2-4-9)12(5-6-12)11(17)14-7-10(15)16/h1-4H,5-7H2,(H,14,17)(H,15,16). The van der Waals surface area contributed by atoms with E-state index in [9.17, 15) is 9.59 Å². The van der Waals surface area contributed by atoms with Crippen molar-refractivity contribution in [2.75, 3.05) is 6.54 Å². The number of hydrogen-bond donors (Lipinski definition) is 2. The lowest BCUT2D eigenvalue weighted by atomic mass is 9.95. The van der Waals surface area contributed by atoms with Crippen LogP contribution in [0.1, 0.15) is 18.4 Å². The maximum atomic E-state index is 11.9. The first kappa shape index (κ1) is 12.1. The monoisotopic (exact) mass is 297 g/mol. The molecule has 0 heterocycles. The van der Waals surface area contributed by atoms with E-state index in [2.05, 4.69) is 21.2 Å². The molecule has 0 spiro atoms. The number of halogens is 1. The third-order valence-electron chi connectivity index (χ3n) is 2.98. The van der Waals surface area contributed by atoms with Gasteiger partial charge in [0, 0.05) is 4.47 Å². The Morgan fingerprint density at radius 1 is 1.29 bits per heavy atom. The summed E-state index contributed by atoms with van der Waals surface area (Å²) in [6, 6.07) is 7.58. The van der Waals surface area contributed by atoms with Gasteiger partial charge >= 0.3 is 5.97 Å². The number of aliphatic carboxylic acids is 1. The summed E-state index contributed by atoms with van der Waals surface area (Å²) in [7, 11) is 0. The minimum atomic E-state index is -1.02. The summed E-state index contributed by atoms with van der Waals surface area (Å²) >= 11 is 3.34. The molecule has 1 amide bonds. The van der Waals surface area contributed by atoms with Crippen molar-refractivity contribution in [3.05, 3.63) is 34.3 Å². The number of carboxylic acid groups (broad SMARTS) is 1. The molecule has 1 aliphatic carbocycles. The maximum Gasteiger partial charge on any atom is 0.322 e. The van der Waals surface area contributed by atoms with Crippen LogP contribution in [0.5, 0.6) is 0 Å². The van der Waals surface area contributed by atoms with Gasteiger partial charge in [0.25, 0.3) is 0 Å². The van der Waals surface area contributed by atoms with Crippen LogP contribution >= 0.6 is 15.9 Å². The van der Waals surface area contributed by atoms with Crippen molar-refractivity contribution < 1.29 is 14.7 Å². The number of carbonyl (C=O) groups is 2. The van der Waals surface area contributed by atoms with Crippen molar-refractivity contribution >= 4 is 27.8 Å². The van der Waals surface area contributed by atoms with Gasteiger partial charge in [-0.2, -0.15) is 0 Å². The van der Waals surface area contributed by atoms with Crippen molar-refractivity contribution in [3.63, 3.8) is 0 Å². The smallest absolute Gasteiger partial charge is 0.322 e. The molecule has 2 rings (SSSR count). The highest BCUT2D eigenvalue weighted by molar-refractivity contribution is 9.10. The summed E-state index contributed by atoms with van der Waals surface area (Å²) in [4.78, 5) is 22.3. The minimum Gasteiger partial charge on any atom is -0.480 e. The summed E-state index contributed by atoms with van der Waals surface area (Å²) in [5.74, 6) is -1.22. The van der Waals surface area contributed by atoms with Gasteiger partial charge in [-0.15, -0.1) is 0 Å². The average Bonchev–Trinajstić information content (AvgIpc) is 3.08. The number of hydrogen-bond acceptors (Lipinski definition) is 2. The van der Waals surface area contributed by atoms with Crippen molar-refractivity contribution in [2.45, 2.75) is 18.3 Å². The molecule has 0 radical (unpaired) electrons. The lowest BCUT2D eigenvalue weighted by Gasteiger charge is -2.14. The molecule has 1 aromatic rings. The number of nitrogens with one attached hydrogen (secondary N) is 1. The van der Waals surface area contributed by atoms with Crippen molar-refractivity contribution in [3.8, 4) is 0 Å². The fourth-order valence-electron chi connectivity index (χ4n) is 1.87. The quantitative estimate of drug-likeness (QED) is 0.889. The summed E-state index contributed by atoms with van der Waals surface area (Å²) in [6.07, 6.45) is 1.56. The van der Waals surface area contributed by atoms with E-state index in [1.807, 2.05) is 24.3 Å². The Bertz CT molecular complexity index is 451. The Balaban J connectivity index is 2.11. The van der Waals surface area contributed by atoms with Gasteiger partial charge in [0.1, 0.15) is 6.54 Å². The van der Waals surface area contributed by atoms with Gasteiger partial charge in [0.2, 0.25) is 5.91 Å². The largest absolute Gasteiger partial charge is 0.480 e. The maximum absolute atomic E-state index is 11.9. The molecule has 1 aliphatic rings. The highest BCUT2D eigenvalue weighted by Crippen LogP contribution is 2.48. The number of amides is 1. The molecule has 0 atom stereocenters. The zero-order chi connectivity index (χ0) is 12.5. The lowest BCUT2D eigenvalue weighted by molar-refractivity contribution is -0.138. The fraction of sp³-hybridized carbons (Fsp3) is 0.333. The first-order chi connectivity index (χ1) is 8.04. The van der Waals surface area contributed by atoms with E-state index in [-0.39, 0.29) is 12.5 Å². The number of carboxylic acids is 1. The predicted molar refractivity (Wildman–Crippen MR) is 65.7 cm³/mol. The first-order valence-electron chi connectivity index (χ1n) is 5.31. The molecule has 0 saturated heterocycles. The Hall–Kier alpha value is -1.36. The summed E-state index contributed by atoms with van der Waals surface area (Å²) in [5, 5.41) is 11.0. The van der Waals surface area contributed by atoms with E-state index >= 15 is 0 Å². The Morgan fingerprint density at radius 2 is 1.88 bits per heavy atom. The van der Waals surface area contributed by atoms with Crippen LogP contribution in [0.25, 0.3) is 0 Å². The van der Waals surface area contributed by atoms with Gasteiger partial charge in [-0.3, -0.25) is 9.59 Å². The van der Waals surface area contributed by atoms with E-state index in [1.54, 1.807) is 0 Å². The number of carbonyl (C=O) groups excluding carboxylic acids is 1. The van der Waals surface area contributed by atoms with E-state index in [0.29, 0.717) is 0 Å². The average molecular weight is 298 g/mol. The van der Waals surface area contributed by atoms with Crippen molar-refractivity contribution in [2.24, 2.45) is 0 Å². The fourth-order valence-corrected chi connectivity index (χ4v) is 2.13. The van der Waals surface area contributed by atoms with E-state index < -0.39 is 11.4 Å². The van der Waals surface area contributed by atoms with E-state index in [0.717, 1.165) is 22.9 Å². The van der Waals surface area contributed by atoms with E-state index in [4.69, 9.17) is 5.11 Å². The highest BCUT2D eigenvalue weighted by atomic mass is 79.9. The normalized spacial score (nSPS) is 16.3. The first-order valence-corrected chi connectivity index (χ1v) is 6.10. The second-order valence-corrected chi connectivity index (χ2v) is 5.08. The number of benzene rings is 1. The van der Waals surface area contributed by atoms with Crippen molar-refractivity contribution in [1.29, 1.82) is 0 Å². The van der Waals surface area contributed by atoms with Gasteiger partial charge in [-0.1, -0.05) is 28.1 Å². The molecule has 0 aromatic heterocycles. The summed E-state index contributed by atoms with van der Waals surface area (Å²) in [6.45, 7) is -0.322. The second kappa shape index (κ2) is 4.49. The van der Waals surface area contributed by atoms with Crippen LogP contribution < -0.4 is 5.32 Å². The third-order valence-corrected chi connectivity index (χ3v) is 3.51. The topological polar surface area (TPSA) is 66.4 Å². The molecule has 90 valence electrons. The predicted octanol–water partition coefficient (Wildman–Crippen LogP) is 1.68. The van der Waals surface area contributed by atoms with Gasteiger partial charge in [-0.05, 0) is 30.5 Å². The van der Waals surface area contributed by atoms with Gasteiger partial charge < -0.3 is 10.4 Å². The lowest BCUT2D eigenvalue weighted by Crippen LogP contribution is -2.37. The molecule has 0 bridgehead atoms. The van der Waals surface area contributed by atoms with Gasteiger partial charge in [0.05, 0.1) is 5.41 Å². The Labute approximate surface area is 107 Å². The van der Waals surface area contributed by atoms with Crippen LogP contribution in [0, 0.1) is 0 Å². The van der Waals surface area contributed by atoms with Crippen LogP contribution in [0.4, 0.5) is 0 Å². The van der Waals surface area contributed by atoms with Crippen LogP contribution in [-0.4, -0.2) is 23.5 Å². The third kappa shape index (κ3) is 2.49. The van der Waals surface area contributed by atoms with Crippen molar-refractivity contribution in [1.82, 2.24) is 5.32 Å². The van der Waals surface area contributed by atoms with Crippen LogP contribution in [-0.2, 0) is 15.0 Å². The summed E-state index contributed by atoms with van der Waals surface area (Å²) < 4.78 is 0.961. The molecule has 4 nitrogen and oxygen atoms in total. The minimum absolute atomic E-state index is 0.192. The molecule has 5 heteroatoms. The van der Waals surface area contributed by atoms with Gasteiger partial charge in [0.15, 0.2) is 0 Å². The van der Waals surface area contributed by atoms with Crippen LogP contribution in [0.2, 0.25) is 0 Å². The SMILES string of the molecule is O=C(O)CNC(=O)C1(c2ccc(Br)cc2)CC1. The molecule has 0 unspecified atom stereocenters. The number of rotatable bonds is 4. The van der Waals surface area contributed by atoms with Crippen LogP contribution in [0.3, 0.4) is 0 Å². The molecule has 1 saturated carbocycles. The van der Waals surface area contributed by atoms with E-state index in [1.165, 1.54) is 0 Å². The molecular formula is C12H12BrNO3. The Morgan fingerprint density at radius 3 is 2.35 bits per heavy atom. The molecule has 2 N–H and O–H groups in total. The zero-order valence-electron chi connectivity index (χ0n) is 9.07. The second-order valence-electron chi connectivity index (χ2n) is 4.17. The molecule has 17 heavy (non-hydrogen) atoms.